The van der Waals surface area contributed by atoms with Gasteiger partial charge in [-0.2, -0.15) is 0 Å². The molecule has 20 heavy (non-hydrogen) atoms. The molecule has 1 amide bonds. The highest BCUT2D eigenvalue weighted by Crippen LogP contribution is 2.11. The van der Waals surface area contributed by atoms with Gasteiger partial charge in [-0.3, -0.25) is 4.79 Å². The Morgan fingerprint density at radius 2 is 2.25 bits per heavy atom. The first-order valence-corrected chi connectivity index (χ1v) is 6.40. The number of ether oxygens (including phenoxy) is 1. The van der Waals surface area contributed by atoms with Crippen LogP contribution in [0.3, 0.4) is 0 Å². The maximum Gasteiger partial charge on any atom is 0.289 e. The highest BCUT2D eigenvalue weighted by atomic mass is 35.5. The van der Waals surface area contributed by atoms with Crippen molar-refractivity contribution in [3.63, 3.8) is 0 Å². The topological polar surface area (TPSA) is 77.2 Å². The molecule has 7 heteroatoms. The van der Waals surface area contributed by atoms with Crippen molar-refractivity contribution in [1.82, 2.24) is 15.3 Å². The van der Waals surface area contributed by atoms with E-state index in [9.17, 15) is 4.79 Å². The fourth-order valence-electron chi connectivity index (χ4n) is 1.59. The van der Waals surface area contributed by atoms with E-state index >= 15 is 0 Å². The molecule has 2 rings (SSSR count). The van der Waals surface area contributed by atoms with E-state index < -0.39 is 0 Å². The first-order valence-electron chi connectivity index (χ1n) is 6.03. The summed E-state index contributed by atoms with van der Waals surface area (Å²) in [5, 5.41) is 3.23. The molecule has 106 valence electrons. The number of pyridine rings is 1. The third-order valence-corrected chi connectivity index (χ3v) is 2.67. The Balaban J connectivity index is 1.77. The summed E-state index contributed by atoms with van der Waals surface area (Å²) in [7, 11) is 0. The standard InChI is InChI=1S/C13H14ClN3O3/c1-8-12(20-9(2)17-8)13(18)15-5-6-19-11-4-3-10(14)7-16-11/h3-4,7H,5-6H2,1-2H3,(H,15,18). The van der Waals surface area contributed by atoms with Crippen LogP contribution in [0.1, 0.15) is 22.1 Å². The first-order chi connectivity index (χ1) is 9.56. The number of hydrogen-bond acceptors (Lipinski definition) is 5. The summed E-state index contributed by atoms with van der Waals surface area (Å²) in [4.78, 5) is 19.8. The molecule has 0 unspecified atom stereocenters. The molecule has 0 saturated carbocycles. The number of carbonyl (C=O) groups is 1. The minimum Gasteiger partial charge on any atom is -0.476 e. The van der Waals surface area contributed by atoms with E-state index in [1.54, 1.807) is 26.0 Å². The van der Waals surface area contributed by atoms with Crippen LogP contribution >= 0.6 is 11.6 Å². The van der Waals surface area contributed by atoms with Gasteiger partial charge in [-0.15, -0.1) is 0 Å². The van der Waals surface area contributed by atoms with Crippen molar-refractivity contribution >= 4 is 17.5 Å². The number of nitrogens with one attached hydrogen (secondary N) is 1. The van der Waals surface area contributed by atoms with Crippen LogP contribution in [0.4, 0.5) is 0 Å². The zero-order valence-electron chi connectivity index (χ0n) is 11.1. The van der Waals surface area contributed by atoms with Gasteiger partial charge in [0.2, 0.25) is 11.6 Å². The van der Waals surface area contributed by atoms with Crippen LogP contribution in [-0.2, 0) is 0 Å². The number of oxazole rings is 1. The van der Waals surface area contributed by atoms with Crippen LogP contribution in [0, 0.1) is 13.8 Å². The van der Waals surface area contributed by atoms with Gasteiger partial charge in [-0.25, -0.2) is 9.97 Å². The second-order valence-electron chi connectivity index (χ2n) is 4.07. The van der Waals surface area contributed by atoms with Crippen LogP contribution in [0.5, 0.6) is 5.88 Å². The third-order valence-electron chi connectivity index (χ3n) is 2.45. The number of aromatic nitrogens is 2. The predicted molar refractivity (Wildman–Crippen MR) is 73.1 cm³/mol. The second kappa shape index (κ2) is 6.38. The predicted octanol–water partition coefficient (Wildman–Crippen LogP) is 2.15. The Hall–Kier alpha value is -2.08. The van der Waals surface area contributed by atoms with E-state index in [1.807, 2.05) is 0 Å². The molecular formula is C13H14ClN3O3. The fraction of sp³-hybridized carbons (Fsp3) is 0.308. The average Bonchev–Trinajstić information content (AvgIpc) is 2.75. The molecule has 0 spiro atoms. The van der Waals surface area contributed by atoms with Crippen molar-refractivity contribution in [2.24, 2.45) is 0 Å². The summed E-state index contributed by atoms with van der Waals surface area (Å²) >= 11 is 5.71. The Morgan fingerprint density at radius 1 is 1.45 bits per heavy atom. The van der Waals surface area contributed by atoms with Crippen molar-refractivity contribution in [3.05, 3.63) is 40.7 Å². The van der Waals surface area contributed by atoms with Crippen LogP contribution in [0.15, 0.2) is 22.7 Å². The van der Waals surface area contributed by atoms with Gasteiger partial charge < -0.3 is 14.5 Å². The lowest BCUT2D eigenvalue weighted by Gasteiger charge is -2.06. The Kier molecular flexibility index (Phi) is 4.57. The van der Waals surface area contributed by atoms with Crippen molar-refractivity contribution in [1.29, 1.82) is 0 Å². The Bertz CT molecular complexity index is 595. The van der Waals surface area contributed by atoms with Gasteiger partial charge in [0.15, 0.2) is 5.89 Å². The maximum absolute atomic E-state index is 11.8. The molecule has 0 aliphatic heterocycles. The summed E-state index contributed by atoms with van der Waals surface area (Å²) in [6, 6.07) is 3.34. The lowest BCUT2D eigenvalue weighted by molar-refractivity contribution is 0.0916. The molecule has 2 aromatic rings. The Morgan fingerprint density at radius 3 is 2.85 bits per heavy atom. The van der Waals surface area contributed by atoms with E-state index in [0.717, 1.165) is 0 Å². The lowest BCUT2D eigenvalue weighted by Crippen LogP contribution is -2.28. The number of halogens is 1. The minimum atomic E-state index is -0.309. The number of amides is 1. The number of nitrogens with zero attached hydrogens (tertiary/aromatic N) is 2. The van der Waals surface area contributed by atoms with Crippen molar-refractivity contribution < 1.29 is 13.9 Å². The molecule has 0 aliphatic rings. The monoisotopic (exact) mass is 295 g/mol. The summed E-state index contributed by atoms with van der Waals surface area (Å²) in [6.07, 6.45) is 1.50. The van der Waals surface area contributed by atoms with E-state index in [1.165, 1.54) is 6.20 Å². The van der Waals surface area contributed by atoms with E-state index in [2.05, 4.69) is 15.3 Å². The first kappa shape index (κ1) is 14.3. The molecule has 0 fully saturated rings. The number of rotatable bonds is 5. The van der Waals surface area contributed by atoms with Crippen molar-refractivity contribution in [2.75, 3.05) is 13.2 Å². The molecule has 0 atom stereocenters. The summed E-state index contributed by atoms with van der Waals surface area (Å²) in [5.41, 5.74) is 0.570. The van der Waals surface area contributed by atoms with Gasteiger partial charge in [0, 0.05) is 19.2 Å². The molecule has 2 aromatic heterocycles. The molecule has 0 aliphatic carbocycles. The molecule has 2 heterocycles. The van der Waals surface area contributed by atoms with E-state index in [0.29, 0.717) is 35.6 Å². The normalized spacial score (nSPS) is 10.3. The largest absolute Gasteiger partial charge is 0.476 e. The van der Waals surface area contributed by atoms with E-state index in [-0.39, 0.29) is 11.7 Å². The number of carbonyl (C=O) groups excluding carboxylic acids is 1. The van der Waals surface area contributed by atoms with Gasteiger partial charge in [0.05, 0.1) is 17.3 Å². The fourth-order valence-corrected chi connectivity index (χ4v) is 1.70. The zero-order valence-corrected chi connectivity index (χ0v) is 11.9. The van der Waals surface area contributed by atoms with Gasteiger partial charge >= 0.3 is 0 Å². The van der Waals surface area contributed by atoms with Crippen LogP contribution in [0.2, 0.25) is 5.02 Å². The van der Waals surface area contributed by atoms with Gasteiger partial charge in [0.1, 0.15) is 6.61 Å². The molecule has 0 radical (unpaired) electrons. The summed E-state index contributed by atoms with van der Waals surface area (Å²) < 4.78 is 10.6. The summed E-state index contributed by atoms with van der Waals surface area (Å²) in [6.45, 7) is 4.05. The minimum absolute atomic E-state index is 0.229. The molecular weight excluding hydrogens is 282 g/mol. The number of aryl methyl sites for hydroxylation is 2. The SMILES string of the molecule is Cc1nc(C)c(C(=O)NCCOc2ccc(Cl)cn2)o1. The van der Waals surface area contributed by atoms with Crippen molar-refractivity contribution in [3.8, 4) is 5.88 Å². The lowest BCUT2D eigenvalue weighted by atomic mass is 10.3. The Labute approximate surface area is 121 Å². The van der Waals surface area contributed by atoms with Crippen molar-refractivity contribution in [2.45, 2.75) is 13.8 Å². The highest BCUT2D eigenvalue weighted by Gasteiger charge is 2.15. The van der Waals surface area contributed by atoms with Gasteiger partial charge in [-0.1, -0.05) is 11.6 Å². The van der Waals surface area contributed by atoms with Gasteiger partial charge in [-0.05, 0) is 13.0 Å². The smallest absolute Gasteiger partial charge is 0.289 e. The molecule has 6 nitrogen and oxygen atoms in total. The quantitative estimate of drug-likeness (QED) is 0.855. The maximum atomic E-state index is 11.8. The second-order valence-corrected chi connectivity index (χ2v) is 4.50. The van der Waals surface area contributed by atoms with Gasteiger partial charge in [0.25, 0.3) is 5.91 Å². The molecule has 0 aromatic carbocycles. The zero-order chi connectivity index (χ0) is 14.5. The molecule has 0 bridgehead atoms. The number of hydrogen-bond donors (Lipinski definition) is 1. The van der Waals surface area contributed by atoms with Crippen LogP contribution in [-0.4, -0.2) is 29.0 Å². The molecule has 1 N–H and O–H groups in total. The summed E-state index contributed by atoms with van der Waals surface area (Å²) in [5.74, 6) is 0.840. The third kappa shape index (κ3) is 3.71. The highest BCUT2D eigenvalue weighted by molar-refractivity contribution is 6.30. The van der Waals surface area contributed by atoms with Crippen LogP contribution in [0.25, 0.3) is 0 Å². The molecule has 0 saturated heterocycles. The van der Waals surface area contributed by atoms with Crippen LogP contribution < -0.4 is 10.1 Å². The van der Waals surface area contributed by atoms with E-state index in [4.69, 9.17) is 20.8 Å². The average molecular weight is 296 g/mol.